The first kappa shape index (κ1) is 15.5. The number of aryl methyl sites for hydroxylation is 1. The lowest BCUT2D eigenvalue weighted by Gasteiger charge is -2.13. The molecular formula is C12H18F3N3O. The second-order valence-corrected chi connectivity index (χ2v) is 4.19. The molecule has 0 bridgehead atoms. The van der Waals surface area contributed by atoms with Gasteiger partial charge in [-0.2, -0.15) is 18.2 Å². The fourth-order valence-electron chi connectivity index (χ4n) is 1.42. The summed E-state index contributed by atoms with van der Waals surface area (Å²) in [4.78, 5) is 8.22. The van der Waals surface area contributed by atoms with Crippen LogP contribution in [0.2, 0.25) is 0 Å². The number of aromatic nitrogens is 2. The monoisotopic (exact) mass is 277 g/mol. The van der Waals surface area contributed by atoms with Gasteiger partial charge in [0.05, 0.1) is 18.6 Å². The minimum absolute atomic E-state index is 0.204. The molecule has 0 saturated heterocycles. The standard InChI is InChI=1S/C12H18F3N3O/c1-4-6-16-10-8(2)11(18-9(3)17-10)19-7-5-12(13,14)15/h4-7H2,1-3H3,(H,16,17,18). The van der Waals surface area contributed by atoms with E-state index >= 15 is 0 Å². The van der Waals surface area contributed by atoms with E-state index < -0.39 is 19.2 Å². The maximum absolute atomic E-state index is 12.1. The van der Waals surface area contributed by atoms with E-state index in [1.54, 1.807) is 13.8 Å². The van der Waals surface area contributed by atoms with Crippen molar-refractivity contribution in [3.8, 4) is 5.88 Å². The van der Waals surface area contributed by atoms with Crippen LogP contribution in [0.3, 0.4) is 0 Å². The van der Waals surface area contributed by atoms with E-state index in [1.807, 2.05) is 6.92 Å². The number of hydrogen-bond acceptors (Lipinski definition) is 4. The van der Waals surface area contributed by atoms with Gasteiger partial charge >= 0.3 is 6.18 Å². The topological polar surface area (TPSA) is 47.0 Å². The van der Waals surface area contributed by atoms with E-state index in [2.05, 4.69) is 15.3 Å². The van der Waals surface area contributed by atoms with E-state index in [-0.39, 0.29) is 5.88 Å². The first-order valence-corrected chi connectivity index (χ1v) is 6.12. The van der Waals surface area contributed by atoms with E-state index in [1.165, 1.54) is 0 Å². The van der Waals surface area contributed by atoms with Crippen LogP contribution in [0.5, 0.6) is 5.88 Å². The summed E-state index contributed by atoms with van der Waals surface area (Å²) < 4.78 is 41.3. The van der Waals surface area contributed by atoms with Crippen molar-refractivity contribution in [2.24, 2.45) is 0 Å². The van der Waals surface area contributed by atoms with Crippen LogP contribution >= 0.6 is 0 Å². The Morgan fingerprint density at radius 1 is 1.21 bits per heavy atom. The van der Waals surface area contributed by atoms with Gasteiger partial charge in [-0.1, -0.05) is 6.92 Å². The smallest absolute Gasteiger partial charge is 0.392 e. The normalized spacial score (nSPS) is 11.5. The quantitative estimate of drug-likeness (QED) is 0.867. The van der Waals surface area contributed by atoms with Gasteiger partial charge in [-0.3, -0.25) is 0 Å². The molecule has 19 heavy (non-hydrogen) atoms. The molecule has 1 N–H and O–H groups in total. The number of rotatable bonds is 6. The molecular weight excluding hydrogens is 259 g/mol. The third-order valence-electron chi connectivity index (χ3n) is 2.38. The third kappa shape index (κ3) is 5.32. The molecule has 7 heteroatoms. The average Bonchev–Trinajstić information content (AvgIpc) is 2.29. The first-order valence-electron chi connectivity index (χ1n) is 6.12. The fourth-order valence-corrected chi connectivity index (χ4v) is 1.42. The molecule has 0 saturated carbocycles. The highest BCUT2D eigenvalue weighted by atomic mass is 19.4. The zero-order valence-corrected chi connectivity index (χ0v) is 11.3. The molecule has 0 aliphatic heterocycles. The summed E-state index contributed by atoms with van der Waals surface area (Å²) in [7, 11) is 0. The molecule has 0 amide bonds. The lowest BCUT2D eigenvalue weighted by atomic mass is 10.3. The van der Waals surface area contributed by atoms with Crippen LogP contribution in [0.15, 0.2) is 0 Å². The zero-order chi connectivity index (χ0) is 14.5. The number of halogens is 3. The second kappa shape index (κ2) is 6.58. The summed E-state index contributed by atoms with van der Waals surface area (Å²) in [5, 5.41) is 3.10. The highest BCUT2D eigenvalue weighted by Gasteiger charge is 2.27. The van der Waals surface area contributed by atoms with Gasteiger partial charge in [0.25, 0.3) is 0 Å². The molecule has 0 radical (unpaired) electrons. The number of ether oxygens (including phenoxy) is 1. The summed E-state index contributed by atoms with van der Waals surface area (Å²) in [6.45, 7) is 5.71. The van der Waals surface area contributed by atoms with Crippen LogP contribution in [0, 0.1) is 13.8 Å². The molecule has 1 rings (SSSR count). The van der Waals surface area contributed by atoms with Gasteiger partial charge in [-0.05, 0) is 20.3 Å². The summed E-state index contributed by atoms with van der Waals surface area (Å²) in [6, 6.07) is 0. The molecule has 1 heterocycles. The zero-order valence-electron chi connectivity index (χ0n) is 11.3. The van der Waals surface area contributed by atoms with Crippen molar-refractivity contribution in [2.45, 2.75) is 39.8 Å². The van der Waals surface area contributed by atoms with Crippen molar-refractivity contribution < 1.29 is 17.9 Å². The van der Waals surface area contributed by atoms with Crippen LogP contribution in [0.4, 0.5) is 19.0 Å². The van der Waals surface area contributed by atoms with Gasteiger partial charge in [0.1, 0.15) is 11.6 Å². The highest BCUT2D eigenvalue weighted by molar-refractivity contribution is 5.48. The van der Waals surface area contributed by atoms with E-state index in [9.17, 15) is 13.2 Å². The van der Waals surface area contributed by atoms with Gasteiger partial charge in [-0.25, -0.2) is 4.98 Å². The molecule has 0 aliphatic carbocycles. The SMILES string of the molecule is CCCNc1nc(C)nc(OCCC(F)(F)F)c1C. The van der Waals surface area contributed by atoms with Crippen molar-refractivity contribution in [1.82, 2.24) is 9.97 Å². The van der Waals surface area contributed by atoms with Gasteiger partial charge in [0, 0.05) is 6.54 Å². The molecule has 4 nitrogen and oxygen atoms in total. The maximum atomic E-state index is 12.1. The van der Waals surface area contributed by atoms with Gasteiger partial charge in [0.2, 0.25) is 5.88 Å². The van der Waals surface area contributed by atoms with Crippen molar-refractivity contribution in [1.29, 1.82) is 0 Å². The maximum Gasteiger partial charge on any atom is 0.392 e. The Bertz CT molecular complexity index is 421. The minimum Gasteiger partial charge on any atom is -0.477 e. The second-order valence-electron chi connectivity index (χ2n) is 4.19. The summed E-state index contributed by atoms with van der Waals surface area (Å²) >= 11 is 0. The lowest BCUT2D eigenvalue weighted by Crippen LogP contribution is -2.15. The van der Waals surface area contributed by atoms with Crippen LogP contribution < -0.4 is 10.1 Å². The minimum atomic E-state index is -4.22. The van der Waals surface area contributed by atoms with Crippen LogP contribution in [-0.4, -0.2) is 29.3 Å². The van der Waals surface area contributed by atoms with Crippen LogP contribution in [0.1, 0.15) is 31.2 Å². The lowest BCUT2D eigenvalue weighted by molar-refractivity contribution is -0.139. The molecule has 1 aromatic rings. The van der Waals surface area contributed by atoms with E-state index in [0.717, 1.165) is 13.0 Å². The van der Waals surface area contributed by atoms with Gasteiger partial charge in [0.15, 0.2) is 0 Å². The van der Waals surface area contributed by atoms with Crippen LogP contribution in [0.25, 0.3) is 0 Å². The summed E-state index contributed by atoms with van der Waals surface area (Å²) in [5.74, 6) is 1.28. The molecule has 0 unspecified atom stereocenters. The highest BCUT2D eigenvalue weighted by Crippen LogP contribution is 2.24. The largest absolute Gasteiger partial charge is 0.477 e. The van der Waals surface area contributed by atoms with Crippen LogP contribution in [-0.2, 0) is 0 Å². The number of anilines is 1. The number of nitrogens with zero attached hydrogens (tertiary/aromatic N) is 2. The fraction of sp³-hybridized carbons (Fsp3) is 0.667. The Balaban J connectivity index is 2.74. The Morgan fingerprint density at radius 3 is 2.47 bits per heavy atom. The molecule has 108 valence electrons. The molecule has 0 atom stereocenters. The Labute approximate surface area is 110 Å². The predicted octanol–water partition coefficient (Wildman–Crippen LogP) is 3.25. The Morgan fingerprint density at radius 2 is 1.89 bits per heavy atom. The average molecular weight is 277 g/mol. The van der Waals surface area contributed by atoms with Gasteiger partial charge < -0.3 is 10.1 Å². The summed E-state index contributed by atoms with van der Waals surface area (Å²) in [6.07, 6.45) is -4.29. The Hall–Kier alpha value is -1.53. The van der Waals surface area contributed by atoms with E-state index in [0.29, 0.717) is 17.2 Å². The number of hydrogen-bond donors (Lipinski definition) is 1. The molecule has 0 spiro atoms. The van der Waals surface area contributed by atoms with E-state index in [4.69, 9.17) is 4.74 Å². The van der Waals surface area contributed by atoms with Gasteiger partial charge in [-0.15, -0.1) is 0 Å². The van der Waals surface area contributed by atoms with Crippen molar-refractivity contribution in [3.63, 3.8) is 0 Å². The predicted molar refractivity (Wildman–Crippen MR) is 66.5 cm³/mol. The molecule has 0 fully saturated rings. The molecule has 1 aromatic heterocycles. The van der Waals surface area contributed by atoms with Crippen molar-refractivity contribution >= 4 is 5.82 Å². The van der Waals surface area contributed by atoms with Crippen molar-refractivity contribution in [3.05, 3.63) is 11.4 Å². The molecule has 0 aromatic carbocycles. The van der Waals surface area contributed by atoms with Crippen molar-refractivity contribution in [2.75, 3.05) is 18.5 Å². The number of alkyl halides is 3. The number of nitrogens with one attached hydrogen (secondary N) is 1. The first-order chi connectivity index (χ1) is 8.83. The Kier molecular flexibility index (Phi) is 5.38. The third-order valence-corrected chi connectivity index (χ3v) is 2.38. The summed E-state index contributed by atoms with van der Waals surface area (Å²) in [5.41, 5.74) is 0.626. The molecule has 0 aliphatic rings.